The lowest BCUT2D eigenvalue weighted by atomic mass is 9.72. The summed E-state index contributed by atoms with van der Waals surface area (Å²) in [7, 11) is 4.43. The second-order valence-electron chi connectivity index (χ2n) is 8.33. The third kappa shape index (κ3) is 4.67. The van der Waals surface area contributed by atoms with Crippen molar-refractivity contribution in [3.05, 3.63) is 0 Å². The molecule has 1 aliphatic heterocycles. The minimum absolute atomic E-state index is 0.514. The topological polar surface area (TPSA) is 18.5 Å². The molecule has 0 aromatic rings. The van der Waals surface area contributed by atoms with Crippen molar-refractivity contribution in [2.45, 2.75) is 77.4 Å². The minimum Gasteiger partial charge on any atom is -0.312 e. The maximum absolute atomic E-state index is 3.85. The third-order valence-corrected chi connectivity index (χ3v) is 5.44. The number of likely N-dealkylation sites (N-methyl/N-ethyl adjacent to an activating group) is 1. The van der Waals surface area contributed by atoms with Crippen molar-refractivity contribution < 1.29 is 0 Å². The summed E-state index contributed by atoms with van der Waals surface area (Å²) in [5.74, 6) is 0. The Kier molecular flexibility index (Phi) is 6.10. The molecule has 3 unspecified atom stereocenters. The molecule has 3 nitrogen and oxygen atoms in total. The Morgan fingerprint density at radius 2 is 2.00 bits per heavy atom. The highest BCUT2D eigenvalue weighted by Gasteiger charge is 2.41. The van der Waals surface area contributed by atoms with Crippen LogP contribution in [-0.4, -0.2) is 61.7 Å². The zero-order valence-electron chi connectivity index (χ0n) is 15.0. The Balaban J connectivity index is 2.06. The van der Waals surface area contributed by atoms with Gasteiger partial charge in [-0.3, -0.25) is 4.90 Å². The summed E-state index contributed by atoms with van der Waals surface area (Å²) in [6, 6.07) is 2.22. The van der Waals surface area contributed by atoms with Gasteiger partial charge in [-0.25, -0.2) is 0 Å². The maximum atomic E-state index is 3.85. The van der Waals surface area contributed by atoms with Gasteiger partial charge in [0.15, 0.2) is 0 Å². The first kappa shape index (κ1) is 17.2. The second-order valence-corrected chi connectivity index (χ2v) is 8.33. The van der Waals surface area contributed by atoms with Crippen LogP contribution in [0, 0.1) is 5.41 Å². The van der Waals surface area contributed by atoms with Crippen LogP contribution in [0.2, 0.25) is 0 Å². The zero-order valence-corrected chi connectivity index (χ0v) is 15.0. The normalized spacial score (nSPS) is 33.7. The Bertz CT molecular complexity index is 314. The molecule has 2 fully saturated rings. The molecule has 0 aromatic carbocycles. The molecule has 0 aromatic heterocycles. The molecule has 1 aliphatic carbocycles. The standard InChI is InChI=1S/C18H37N3/c1-6-11-19-16-9-10-18(2,3)13-17(16)21-12-7-8-15(21)14-20(4)5/h15-17,19H,6-14H2,1-5H3. The van der Waals surface area contributed by atoms with Crippen LogP contribution >= 0.6 is 0 Å². The van der Waals surface area contributed by atoms with Gasteiger partial charge < -0.3 is 10.2 Å². The van der Waals surface area contributed by atoms with Gasteiger partial charge in [0.25, 0.3) is 0 Å². The van der Waals surface area contributed by atoms with Gasteiger partial charge in [-0.1, -0.05) is 20.8 Å². The van der Waals surface area contributed by atoms with Crippen LogP contribution in [0.3, 0.4) is 0 Å². The summed E-state index contributed by atoms with van der Waals surface area (Å²) < 4.78 is 0. The Morgan fingerprint density at radius 1 is 1.24 bits per heavy atom. The molecule has 2 rings (SSSR count). The maximum Gasteiger partial charge on any atom is 0.0257 e. The fourth-order valence-corrected chi connectivity index (χ4v) is 4.38. The first-order chi connectivity index (χ1) is 9.93. The van der Waals surface area contributed by atoms with Gasteiger partial charge in [0.2, 0.25) is 0 Å². The molecule has 0 spiro atoms. The molecule has 1 N–H and O–H groups in total. The summed E-state index contributed by atoms with van der Waals surface area (Å²) in [4.78, 5) is 5.22. The van der Waals surface area contributed by atoms with Gasteiger partial charge >= 0.3 is 0 Å². The summed E-state index contributed by atoms with van der Waals surface area (Å²) in [6.45, 7) is 10.9. The van der Waals surface area contributed by atoms with E-state index in [-0.39, 0.29) is 0 Å². The van der Waals surface area contributed by atoms with E-state index in [1.165, 1.54) is 58.2 Å². The van der Waals surface area contributed by atoms with Crippen LogP contribution in [0.4, 0.5) is 0 Å². The van der Waals surface area contributed by atoms with Gasteiger partial charge in [0.1, 0.15) is 0 Å². The number of likely N-dealkylation sites (tertiary alicyclic amines) is 1. The average Bonchev–Trinajstić information content (AvgIpc) is 2.83. The molecule has 3 heteroatoms. The number of hydrogen-bond donors (Lipinski definition) is 1. The van der Waals surface area contributed by atoms with Gasteiger partial charge in [-0.2, -0.15) is 0 Å². The van der Waals surface area contributed by atoms with Gasteiger partial charge in [0, 0.05) is 24.7 Å². The van der Waals surface area contributed by atoms with E-state index in [1.54, 1.807) is 0 Å². The first-order valence-electron chi connectivity index (χ1n) is 9.07. The van der Waals surface area contributed by atoms with E-state index in [4.69, 9.17) is 0 Å². The van der Waals surface area contributed by atoms with E-state index < -0.39 is 0 Å². The molecule has 3 atom stereocenters. The van der Waals surface area contributed by atoms with Crippen LogP contribution in [-0.2, 0) is 0 Å². The molecular weight excluding hydrogens is 258 g/mol. The van der Waals surface area contributed by atoms with Crippen molar-refractivity contribution in [2.75, 3.05) is 33.7 Å². The lowest BCUT2D eigenvalue weighted by Crippen LogP contribution is -2.57. The predicted molar refractivity (Wildman–Crippen MR) is 91.8 cm³/mol. The van der Waals surface area contributed by atoms with E-state index >= 15 is 0 Å². The fraction of sp³-hybridized carbons (Fsp3) is 1.00. The van der Waals surface area contributed by atoms with Crippen molar-refractivity contribution >= 4 is 0 Å². The van der Waals surface area contributed by atoms with E-state index in [0.29, 0.717) is 11.5 Å². The second kappa shape index (κ2) is 7.43. The van der Waals surface area contributed by atoms with E-state index in [0.717, 1.165) is 12.1 Å². The van der Waals surface area contributed by atoms with Crippen LogP contribution in [0.25, 0.3) is 0 Å². The largest absolute Gasteiger partial charge is 0.312 e. The van der Waals surface area contributed by atoms with Crippen LogP contribution in [0.5, 0.6) is 0 Å². The average molecular weight is 296 g/mol. The summed E-state index contributed by atoms with van der Waals surface area (Å²) in [5.41, 5.74) is 0.514. The van der Waals surface area contributed by atoms with E-state index in [2.05, 4.69) is 50.0 Å². The lowest BCUT2D eigenvalue weighted by Gasteiger charge is -2.47. The molecule has 1 saturated heterocycles. The molecule has 0 radical (unpaired) electrons. The number of hydrogen-bond acceptors (Lipinski definition) is 3. The molecule has 1 heterocycles. The fourth-order valence-electron chi connectivity index (χ4n) is 4.38. The molecule has 0 amide bonds. The predicted octanol–water partition coefficient (Wildman–Crippen LogP) is 2.96. The Hall–Kier alpha value is -0.120. The highest BCUT2D eigenvalue weighted by Crippen LogP contribution is 2.39. The monoisotopic (exact) mass is 295 g/mol. The SMILES string of the molecule is CCCNC1CCC(C)(C)CC1N1CCCC1CN(C)C. The minimum atomic E-state index is 0.514. The summed E-state index contributed by atoms with van der Waals surface area (Å²) >= 11 is 0. The van der Waals surface area contributed by atoms with Crippen molar-refractivity contribution in [3.63, 3.8) is 0 Å². The highest BCUT2D eigenvalue weighted by atomic mass is 15.3. The molecular formula is C18H37N3. The van der Waals surface area contributed by atoms with Crippen molar-refractivity contribution in [2.24, 2.45) is 5.41 Å². The quantitative estimate of drug-likeness (QED) is 0.813. The lowest BCUT2D eigenvalue weighted by molar-refractivity contribution is 0.0496. The zero-order chi connectivity index (χ0) is 15.5. The van der Waals surface area contributed by atoms with Crippen LogP contribution in [0.1, 0.15) is 59.3 Å². The van der Waals surface area contributed by atoms with E-state index in [9.17, 15) is 0 Å². The summed E-state index contributed by atoms with van der Waals surface area (Å²) in [5, 5.41) is 3.85. The third-order valence-electron chi connectivity index (χ3n) is 5.44. The van der Waals surface area contributed by atoms with Gasteiger partial charge in [0.05, 0.1) is 0 Å². The molecule has 21 heavy (non-hydrogen) atoms. The molecule has 0 bridgehead atoms. The van der Waals surface area contributed by atoms with Gasteiger partial charge in [-0.05, 0) is 71.1 Å². The Labute approximate surface area is 132 Å². The van der Waals surface area contributed by atoms with Gasteiger partial charge in [-0.15, -0.1) is 0 Å². The number of nitrogens with zero attached hydrogens (tertiary/aromatic N) is 2. The summed E-state index contributed by atoms with van der Waals surface area (Å²) in [6.07, 6.45) is 8.09. The molecule has 1 saturated carbocycles. The highest BCUT2D eigenvalue weighted by molar-refractivity contribution is 4.98. The van der Waals surface area contributed by atoms with Crippen molar-refractivity contribution in [1.29, 1.82) is 0 Å². The molecule has 2 aliphatic rings. The number of rotatable bonds is 6. The van der Waals surface area contributed by atoms with Crippen LogP contribution < -0.4 is 5.32 Å². The van der Waals surface area contributed by atoms with E-state index in [1.807, 2.05) is 0 Å². The van der Waals surface area contributed by atoms with Crippen LogP contribution in [0.15, 0.2) is 0 Å². The van der Waals surface area contributed by atoms with Crippen molar-refractivity contribution in [3.8, 4) is 0 Å². The van der Waals surface area contributed by atoms with Crippen molar-refractivity contribution in [1.82, 2.24) is 15.1 Å². The number of nitrogens with one attached hydrogen (secondary N) is 1. The molecule has 124 valence electrons. The smallest absolute Gasteiger partial charge is 0.0257 e. The Morgan fingerprint density at radius 3 is 2.67 bits per heavy atom. The first-order valence-corrected chi connectivity index (χ1v) is 9.07.